The number of ether oxygens (including phenoxy) is 1. The summed E-state index contributed by atoms with van der Waals surface area (Å²) >= 11 is 0. The Kier molecular flexibility index (Phi) is 4.79. The number of fused-ring (bicyclic) bond motifs is 2. The molecule has 1 aliphatic rings. The van der Waals surface area contributed by atoms with E-state index in [1.54, 1.807) is 25.3 Å². The molecule has 154 valence electrons. The number of carboxylic acids is 1. The molecule has 2 heterocycles. The van der Waals surface area contributed by atoms with E-state index in [-0.39, 0.29) is 5.56 Å². The zero-order chi connectivity index (χ0) is 21.4. The van der Waals surface area contributed by atoms with Crippen molar-refractivity contribution in [1.82, 2.24) is 4.98 Å². The van der Waals surface area contributed by atoms with E-state index >= 15 is 0 Å². The smallest absolute Gasteiger partial charge is 0.335 e. The molecule has 0 spiro atoms. The zero-order valence-electron chi connectivity index (χ0n) is 17.2. The highest BCUT2D eigenvalue weighted by atomic mass is 16.5. The quantitative estimate of drug-likeness (QED) is 0.468. The minimum absolute atomic E-state index is 0.261. The van der Waals surface area contributed by atoms with Gasteiger partial charge in [-0.3, -0.25) is 0 Å². The predicted octanol–water partition coefficient (Wildman–Crippen LogP) is 5.69. The summed E-state index contributed by atoms with van der Waals surface area (Å²) in [6, 6.07) is 23.4. The van der Waals surface area contributed by atoms with Crippen LogP contribution in [-0.4, -0.2) is 29.7 Å². The number of hydrogen-bond donors (Lipinski definition) is 1. The normalized spacial score (nSPS) is 13.1. The molecule has 5 heteroatoms. The van der Waals surface area contributed by atoms with Gasteiger partial charge < -0.3 is 14.7 Å². The number of benzene rings is 3. The summed E-state index contributed by atoms with van der Waals surface area (Å²) in [4.78, 5) is 18.8. The molecular weight excluding hydrogens is 388 g/mol. The van der Waals surface area contributed by atoms with Gasteiger partial charge in [0.1, 0.15) is 5.75 Å². The minimum Gasteiger partial charge on any atom is -0.497 e. The van der Waals surface area contributed by atoms with Crippen molar-refractivity contribution in [2.24, 2.45) is 0 Å². The van der Waals surface area contributed by atoms with Crippen LogP contribution in [0.5, 0.6) is 5.75 Å². The number of carbonyl (C=O) groups is 1. The topological polar surface area (TPSA) is 62.7 Å². The summed E-state index contributed by atoms with van der Waals surface area (Å²) in [5, 5.41) is 10.2. The average molecular weight is 410 g/mol. The number of carboxylic acid groups (broad SMARTS) is 1. The first kappa shape index (κ1) is 19.1. The van der Waals surface area contributed by atoms with Gasteiger partial charge in [-0.05, 0) is 60.9 Å². The largest absolute Gasteiger partial charge is 0.497 e. The van der Waals surface area contributed by atoms with Gasteiger partial charge in [-0.15, -0.1) is 0 Å². The van der Waals surface area contributed by atoms with Crippen molar-refractivity contribution in [2.45, 2.75) is 12.8 Å². The number of rotatable bonds is 4. The lowest BCUT2D eigenvalue weighted by atomic mass is 9.98. The Bertz CT molecular complexity index is 1280. The molecule has 0 bridgehead atoms. The van der Waals surface area contributed by atoms with E-state index in [4.69, 9.17) is 9.72 Å². The molecule has 0 unspecified atom stereocenters. The van der Waals surface area contributed by atoms with Crippen LogP contribution in [0.1, 0.15) is 22.3 Å². The van der Waals surface area contributed by atoms with E-state index in [1.807, 2.05) is 24.3 Å². The second-order valence-corrected chi connectivity index (χ2v) is 7.68. The number of methoxy groups -OCH3 is 1. The molecule has 0 saturated heterocycles. The Morgan fingerprint density at radius 1 is 1.00 bits per heavy atom. The summed E-state index contributed by atoms with van der Waals surface area (Å²) in [7, 11) is 1.68. The van der Waals surface area contributed by atoms with Crippen LogP contribution in [0.2, 0.25) is 0 Å². The summed E-state index contributed by atoms with van der Waals surface area (Å²) in [5.74, 6) is -0.0855. The lowest BCUT2D eigenvalue weighted by Crippen LogP contribution is -2.25. The number of aromatic nitrogens is 1. The molecule has 0 saturated carbocycles. The Morgan fingerprint density at radius 3 is 2.61 bits per heavy atom. The summed E-state index contributed by atoms with van der Waals surface area (Å²) in [5.41, 5.74) is 6.31. The summed E-state index contributed by atoms with van der Waals surface area (Å²) < 4.78 is 5.42. The van der Waals surface area contributed by atoms with Gasteiger partial charge >= 0.3 is 5.97 Å². The monoisotopic (exact) mass is 410 g/mol. The standard InChI is InChI=1S/C26H22N2O3/c1-31-21-10-12-23-18(15-21)8-5-13-28(23)24-16-20-14-19(26(29)30)9-11-22(20)27-25(24)17-6-3-2-4-7-17/h2-4,6-7,9-12,14-16H,5,8,13H2,1H3,(H,29,30). The maximum atomic E-state index is 11.5. The molecular formula is C26H22N2O3. The Labute approximate surface area is 180 Å². The highest BCUT2D eigenvalue weighted by Gasteiger charge is 2.23. The molecule has 0 fully saturated rings. The lowest BCUT2D eigenvalue weighted by Gasteiger charge is -2.33. The van der Waals surface area contributed by atoms with Crippen LogP contribution in [0.15, 0.2) is 72.8 Å². The fourth-order valence-corrected chi connectivity index (χ4v) is 4.26. The number of nitrogens with zero attached hydrogens (tertiary/aromatic N) is 2. The van der Waals surface area contributed by atoms with Gasteiger partial charge in [0.2, 0.25) is 0 Å². The van der Waals surface area contributed by atoms with Crippen molar-refractivity contribution in [1.29, 1.82) is 0 Å². The van der Waals surface area contributed by atoms with Gasteiger partial charge in [0, 0.05) is 23.2 Å². The zero-order valence-corrected chi connectivity index (χ0v) is 17.2. The van der Waals surface area contributed by atoms with Crippen molar-refractivity contribution >= 4 is 28.2 Å². The molecule has 0 amide bonds. The molecule has 31 heavy (non-hydrogen) atoms. The molecule has 0 atom stereocenters. The molecule has 1 aliphatic heterocycles. The van der Waals surface area contributed by atoms with Crippen LogP contribution in [-0.2, 0) is 6.42 Å². The van der Waals surface area contributed by atoms with E-state index in [9.17, 15) is 9.90 Å². The van der Waals surface area contributed by atoms with Crippen LogP contribution >= 0.6 is 0 Å². The molecule has 1 aromatic heterocycles. The SMILES string of the molecule is COc1ccc2c(c1)CCCN2c1cc2cc(C(=O)O)ccc2nc1-c1ccccc1. The van der Waals surface area contributed by atoms with Crippen molar-refractivity contribution in [3.05, 3.63) is 83.9 Å². The highest BCUT2D eigenvalue weighted by Crippen LogP contribution is 2.41. The fourth-order valence-electron chi connectivity index (χ4n) is 4.26. The van der Waals surface area contributed by atoms with Crippen LogP contribution in [0, 0.1) is 0 Å². The lowest BCUT2D eigenvalue weighted by molar-refractivity contribution is 0.0697. The van der Waals surface area contributed by atoms with E-state index in [0.29, 0.717) is 0 Å². The second kappa shape index (κ2) is 7.76. The third-order valence-corrected chi connectivity index (χ3v) is 5.78. The first-order chi connectivity index (χ1) is 15.1. The van der Waals surface area contributed by atoms with Gasteiger partial charge in [0.05, 0.1) is 29.6 Å². The van der Waals surface area contributed by atoms with Gasteiger partial charge in [-0.1, -0.05) is 30.3 Å². The van der Waals surface area contributed by atoms with Crippen LogP contribution < -0.4 is 9.64 Å². The summed E-state index contributed by atoms with van der Waals surface area (Å²) in [6.07, 6.45) is 2.01. The minimum atomic E-state index is -0.939. The van der Waals surface area contributed by atoms with Crippen LogP contribution in [0.4, 0.5) is 11.4 Å². The third kappa shape index (κ3) is 3.48. The van der Waals surface area contributed by atoms with Gasteiger partial charge in [-0.25, -0.2) is 9.78 Å². The molecule has 0 aliphatic carbocycles. The van der Waals surface area contributed by atoms with Crippen molar-refractivity contribution < 1.29 is 14.6 Å². The molecule has 5 rings (SSSR count). The maximum absolute atomic E-state index is 11.5. The van der Waals surface area contributed by atoms with E-state index in [2.05, 4.69) is 35.2 Å². The molecule has 5 nitrogen and oxygen atoms in total. The predicted molar refractivity (Wildman–Crippen MR) is 122 cm³/mol. The van der Waals surface area contributed by atoms with E-state index in [0.717, 1.165) is 58.7 Å². The number of anilines is 2. The fraction of sp³-hybridized carbons (Fsp3) is 0.154. The number of hydrogen-bond acceptors (Lipinski definition) is 4. The van der Waals surface area contributed by atoms with Gasteiger partial charge in [-0.2, -0.15) is 0 Å². The molecule has 3 aromatic carbocycles. The van der Waals surface area contributed by atoms with Crippen molar-refractivity contribution in [3.63, 3.8) is 0 Å². The number of pyridine rings is 1. The van der Waals surface area contributed by atoms with Crippen molar-refractivity contribution in [3.8, 4) is 17.0 Å². The number of aryl methyl sites for hydroxylation is 1. The average Bonchev–Trinajstić information content (AvgIpc) is 2.82. The first-order valence-electron chi connectivity index (χ1n) is 10.3. The Balaban J connectivity index is 1.74. The molecule has 0 radical (unpaired) electrons. The Hall–Kier alpha value is -3.86. The van der Waals surface area contributed by atoms with Gasteiger partial charge in [0.25, 0.3) is 0 Å². The summed E-state index contributed by atoms with van der Waals surface area (Å²) in [6.45, 7) is 0.866. The number of aromatic carboxylic acids is 1. The van der Waals surface area contributed by atoms with Crippen LogP contribution in [0.25, 0.3) is 22.2 Å². The third-order valence-electron chi connectivity index (χ3n) is 5.78. The highest BCUT2D eigenvalue weighted by molar-refractivity contribution is 5.97. The van der Waals surface area contributed by atoms with Crippen LogP contribution in [0.3, 0.4) is 0 Å². The maximum Gasteiger partial charge on any atom is 0.335 e. The van der Waals surface area contributed by atoms with E-state index < -0.39 is 5.97 Å². The first-order valence-corrected chi connectivity index (χ1v) is 10.3. The van der Waals surface area contributed by atoms with Gasteiger partial charge in [0.15, 0.2) is 0 Å². The molecule has 4 aromatic rings. The molecule has 1 N–H and O–H groups in total. The van der Waals surface area contributed by atoms with E-state index in [1.165, 1.54) is 5.56 Å². The Morgan fingerprint density at radius 2 is 1.84 bits per heavy atom. The van der Waals surface area contributed by atoms with Crippen molar-refractivity contribution in [2.75, 3.05) is 18.6 Å². The second-order valence-electron chi connectivity index (χ2n) is 7.68.